The molecule has 0 aromatic carbocycles. The van der Waals surface area contributed by atoms with Crippen LogP contribution in [0.4, 0.5) is 0 Å². The molecule has 27 heavy (non-hydrogen) atoms. The van der Waals surface area contributed by atoms with Crippen LogP contribution in [0.25, 0.3) is 0 Å². The third kappa shape index (κ3) is 6.35. The van der Waals surface area contributed by atoms with Crippen molar-refractivity contribution < 1.29 is 33.9 Å². The molecule has 3 fully saturated rings. The molecule has 160 valence electrons. The molecule has 0 amide bonds. The Balaban J connectivity index is 0.000000194. The summed E-state index contributed by atoms with van der Waals surface area (Å²) >= 11 is 0. The molecule has 0 bridgehead atoms. The Morgan fingerprint density at radius 1 is 1.04 bits per heavy atom. The molecule has 3 rings (SSSR count). The van der Waals surface area contributed by atoms with Crippen molar-refractivity contribution in [3.8, 4) is 0 Å². The first-order valence-electron chi connectivity index (χ1n) is 10.5. The summed E-state index contributed by atoms with van der Waals surface area (Å²) in [6.45, 7) is 10.2. The maximum absolute atomic E-state index is 9.81. The maximum Gasteiger partial charge on any atom is 0.168 e. The fraction of sp³-hybridized carbons (Fsp3) is 1.00. The Kier molecular flexibility index (Phi) is 8.93. The summed E-state index contributed by atoms with van der Waals surface area (Å²) in [4.78, 5) is 0. The lowest BCUT2D eigenvalue weighted by Gasteiger charge is -2.41. The van der Waals surface area contributed by atoms with Gasteiger partial charge in [-0.2, -0.15) is 0 Å². The van der Waals surface area contributed by atoms with Crippen LogP contribution in [-0.2, 0) is 23.7 Å². The molecule has 3 aliphatic rings. The Labute approximate surface area is 163 Å². The third-order valence-electron chi connectivity index (χ3n) is 5.81. The maximum atomic E-state index is 9.81. The van der Waals surface area contributed by atoms with E-state index in [0.29, 0.717) is 39.1 Å². The molecule has 3 heterocycles. The van der Waals surface area contributed by atoms with E-state index < -0.39 is 5.79 Å². The average Bonchev–Trinajstić information content (AvgIpc) is 3.34. The third-order valence-corrected chi connectivity index (χ3v) is 5.81. The van der Waals surface area contributed by atoms with Gasteiger partial charge in [0.2, 0.25) is 0 Å². The van der Waals surface area contributed by atoms with Gasteiger partial charge in [-0.25, -0.2) is 0 Å². The molecule has 3 saturated heterocycles. The summed E-state index contributed by atoms with van der Waals surface area (Å²) in [6.07, 6.45) is 4.62. The molecule has 3 unspecified atom stereocenters. The Bertz CT molecular complexity index is 423. The minimum atomic E-state index is -1.03. The topological polar surface area (TPSA) is 86.6 Å². The number of ether oxygens (including phenoxy) is 5. The van der Waals surface area contributed by atoms with Gasteiger partial charge >= 0.3 is 0 Å². The fourth-order valence-corrected chi connectivity index (χ4v) is 3.59. The van der Waals surface area contributed by atoms with Crippen molar-refractivity contribution in [3.05, 3.63) is 0 Å². The Morgan fingerprint density at radius 3 is 2.30 bits per heavy atom. The second-order valence-electron chi connectivity index (χ2n) is 7.59. The van der Waals surface area contributed by atoms with Gasteiger partial charge in [-0.05, 0) is 32.1 Å². The van der Waals surface area contributed by atoms with Crippen LogP contribution in [0.3, 0.4) is 0 Å². The highest BCUT2D eigenvalue weighted by Crippen LogP contribution is 2.34. The molecule has 0 aromatic rings. The van der Waals surface area contributed by atoms with Crippen LogP contribution < -0.4 is 0 Å². The number of fused-ring (bicyclic) bond motifs is 1. The van der Waals surface area contributed by atoms with Gasteiger partial charge in [0.1, 0.15) is 6.10 Å². The van der Waals surface area contributed by atoms with Gasteiger partial charge in [0.15, 0.2) is 11.6 Å². The zero-order valence-electron chi connectivity index (χ0n) is 17.3. The molecule has 0 aliphatic carbocycles. The van der Waals surface area contributed by atoms with Crippen molar-refractivity contribution in [2.24, 2.45) is 0 Å². The highest BCUT2D eigenvalue weighted by atomic mass is 16.7. The summed E-state index contributed by atoms with van der Waals surface area (Å²) in [5.41, 5.74) is 0. The van der Waals surface area contributed by atoms with Crippen LogP contribution in [0, 0.1) is 0 Å². The van der Waals surface area contributed by atoms with Crippen molar-refractivity contribution in [2.75, 3.05) is 26.4 Å². The van der Waals surface area contributed by atoms with E-state index >= 15 is 0 Å². The smallest absolute Gasteiger partial charge is 0.168 e. The molecule has 7 heteroatoms. The van der Waals surface area contributed by atoms with E-state index in [0.717, 1.165) is 25.9 Å². The van der Waals surface area contributed by atoms with Crippen molar-refractivity contribution in [1.29, 1.82) is 0 Å². The zero-order valence-corrected chi connectivity index (χ0v) is 17.3. The second kappa shape index (κ2) is 10.5. The number of aliphatic hydroxyl groups is 2. The second-order valence-corrected chi connectivity index (χ2v) is 7.59. The molecular formula is C20H38O7. The van der Waals surface area contributed by atoms with Gasteiger partial charge in [-0.1, -0.05) is 27.7 Å². The lowest BCUT2D eigenvalue weighted by atomic mass is 10.1. The van der Waals surface area contributed by atoms with Crippen LogP contribution in [0.15, 0.2) is 0 Å². The average molecular weight is 391 g/mol. The van der Waals surface area contributed by atoms with Crippen molar-refractivity contribution in [2.45, 2.75) is 102 Å². The Morgan fingerprint density at radius 2 is 1.74 bits per heavy atom. The molecule has 0 aromatic heterocycles. The largest absolute Gasteiger partial charge is 0.391 e. The highest BCUT2D eigenvalue weighted by molar-refractivity contribution is 4.85. The van der Waals surface area contributed by atoms with Crippen LogP contribution in [-0.4, -0.2) is 72.6 Å². The quantitative estimate of drug-likeness (QED) is 0.645. The summed E-state index contributed by atoms with van der Waals surface area (Å²) in [5, 5.41) is 19.0. The van der Waals surface area contributed by atoms with Gasteiger partial charge in [0.25, 0.3) is 0 Å². The van der Waals surface area contributed by atoms with Gasteiger partial charge in [0.05, 0.1) is 38.1 Å². The van der Waals surface area contributed by atoms with E-state index in [1.165, 1.54) is 0 Å². The van der Waals surface area contributed by atoms with Gasteiger partial charge < -0.3 is 33.9 Å². The SMILES string of the molecule is CCC(O)(CC)OC[C@H]1CC(O)CO1.CCC1(CC)OCC2OCCC2O1. The van der Waals surface area contributed by atoms with Crippen molar-refractivity contribution >= 4 is 0 Å². The molecule has 4 atom stereocenters. The van der Waals surface area contributed by atoms with Gasteiger partial charge in [-0.3, -0.25) is 0 Å². The zero-order chi connectivity index (χ0) is 19.9. The minimum Gasteiger partial charge on any atom is -0.391 e. The first-order valence-corrected chi connectivity index (χ1v) is 10.5. The first-order chi connectivity index (χ1) is 12.9. The predicted molar refractivity (Wildman–Crippen MR) is 100 cm³/mol. The highest BCUT2D eigenvalue weighted by Gasteiger charge is 2.43. The van der Waals surface area contributed by atoms with Crippen LogP contribution in [0.5, 0.6) is 0 Å². The van der Waals surface area contributed by atoms with Crippen LogP contribution in [0.2, 0.25) is 0 Å². The number of rotatable bonds is 7. The summed E-state index contributed by atoms with van der Waals surface area (Å²) in [5.74, 6) is -1.36. The number of hydrogen-bond acceptors (Lipinski definition) is 7. The lowest BCUT2D eigenvalue weighted by Crippen LogP contribution is -2.49. The molecule has 7 nitrogen and oxygen atoms in total. The van der Waals surface area contributed by atoms with Crippen LogP contribution in [0.1, 0.15) is 66.2 Å². The van der Waals surface area contributed by atoms with E-state index in [9.17, 15) is 10.2 Å². The van der Waals surface area contributed by atoms with Crippen LogP contribution >= 0.6 is 0 Å². The molecule has 0 saturated carbocycles. The number of hydrogen-bond donors (Lipinski definition) is 2. The molecular weight excluding hydrogens is 352 g/mol. The fourth-order valence-electron chi connectivity index (χ4n) is 3.59. The van der Waals surface area contributed by atoms with Gasteiger partial charge in [0, 0.05) is 13.0 Å². The number of aliphatic hydroxyl groups excluding tert-OH is 1. The summed E-state index contributed by atoms with van der Waals surface area (Å²) in [7, 11) is 0. The van der Waals surface area contributed by atoms with E-state index in [4.69, 9.17) is 23.7 Å². The predicted octanol–water partition coefficient (Wildman–Crippen LogP) is 2.37. The molecule has 0 spiro atoms. The van der Waals surface area contributed by atoms with Crippen molar-refractivity contribution in [3.63, 3.8) is 0 Å². The summed E-state index contributed by atoms with van der Waals surface area (Å²) < 4.78 is 27.8. The molecule has 2 N–H and O–H groups in total. The van der Waals surface area contributed by atoms with E-state index in [-0.39, 0.29) is 30.2 Å². The lowest BCUT2D eigenvalue weighted by molar-refractivity contribution is -0.312. The first kappa shape index (κ1) is 23.0. The molecule has 0 radical (unpaired) electrons. The van der Waals surface area contributed by atoms with E-state index in [1.54, 1.807) is 0 Å². The normalized spacial score (nSPS) is 32.7. The van der Waals surface area contributed by atoms with Crippen molar-refractivity contribution in [1.82, 2.24) is 0 Å². The standard InChI is InChI=1S/C10H20O4.C10H18O3/c1-3-10(12,4-2)14-7-9-5-8(11)6-13-9;1-3-10(4-2)12-7-9-8(13-10)5-6-11-9/h8-9,11-12H,3-7H2,1-2H3;8-9H,3-7H2,1-2H3/t8?,9-;/m1./s1. The summed E-state index contributed by atoms with van der Waals surface area (Å²) in [6, 6.07) is 0. The Hall–Kier alpha value is -0.280. The monoisotopic (exact) mass is 390 g/mol. The van der Waals surface area contributed by atoms with Gasteiger partial charge in [-0.15, -0.1) is 0 Å². The molecule has 3 aliphatic heterocycles. The minimum absolute atomic E-state index is 0.0744. The van der Waals surface area contributed by atoms with E-state index in [2.05, 4.69) is 13.8 Å². The van der Waals surface area contributed by atoms with E-state index in [1.807, 2.05) is 13.8 Å².